The standard InChI is InChI=1S/C7H14OS/c1-6(2)7-5-9-4-3-8-7/h6-7H,3-5H2,1-2H3. The van der Waals surface area contributed by atoms with Gasteiger partial charge in [-0.15, -0.1) is 0 Å². The molecule has 1 rings (SSSR count). The minimum Gasteiger partial charge on any atom is -0.376 e. The maximum absolute atomic E-state index is 5.52. The molecule has 1 fully saturated rings. The maximum Gasteiger partial charge on any atom is 0.0688 e. The lowest BCUT2D eigenvalue weighted by atomic mass is 10.1. The highest BCUT2D eigenvalue weighted by Gasteiger charge is 2.16. The Morgan fingerprint density at radius 3 is 2.67 bits per heavy atom. The molecule has 0 aliphatic carbocycles. The molecule has 2 heteroatoms. The molecule has 0 aromatic heterocycles. The molecule has 0 bridgehead atoms. The van der Waals surface area contributed by atoms with Crippen LogP contribution in [0.4, 0.5) is 0 Å². The van der Waals surface area contributed by atoms with Gasteiger partial charge in [-0.25, -0.2) is 0 Å². The van der Waals surface area contributed by atoms with Gasteiger partial charge in [-0.05, 0) is 5.92 Å². The van der Waals surface area contributed by atoms with E-state index in [4.69, 9.17) is 4.74 Å². The van der Waals surface area contributed by atoms with Crippen molar-refractivity contribution < 1.29 is 4.74 Å². The van der Waals surface area contributed by atoms with E-state index < -0.39 is 0 Å². The van der Waals surface area contributed by atoms with Crippen LogP contribution in [0.2, 0.25) is 0 Å². The van der Waals surface area contributed by atoms with E-state index in [1.54, 1.807) is 0 Å². The number of thioether (sulfide) groups is 1. The fourth-order valence-corrected chi connectivity index (χ4v) is 1.99. The zero-order valence-electron chi connectivity index (χ0n) is 6.09. The van der Waals surface area contributed by atoms with E-state index in [9.17, 15) is 0 Å². The van der Waals surface area contributed by atoms with Gasteiger partial charge in [-0.1, -0.05) is 13.8 Å². The predicted molar refractivity (Wildman–Crippen MR) is 41.9 cm³/mol. The SMILES string of the molecule is CC(C)C1CSCCO1. The quantitative estimate of drug-likeness (QED) is 0.557. The van der Waals surface area contributed by atoms with Gasteiger partial charge in [-0.2, -0.15) is 11.8 Å². The van der Waals surface area contributed by atoms with Crippen LogP contribution in [0.3, 0.4) is 0 Å². The van der Waals surface area contributed by atoms with Crippen LogP contribution < -0.4 is 0 Å². The van der Waals surface area contributed by atoms with Crippen LogP contribution in [0.15, 0.2) is 0 Å². The van der Waals surface area contributed by atoms with Crippen molar-refractivity contribution in [2.75, 3.05) is 18.1 Å². The Bertz CT molecular complexity index is 77.0. The average molecular weight is 146 g/mol. The van der Waals surface area contributed by atoms with E-state index in [1.807, 2.05) is 11.8 Å². The molecule has 9 heavy (non-hydrogen) atoms. The first-order valence-electron chi connectivity index (χ1n) is 3.50. The van der Waals surface area contributed by atoms with Gasteiger partial charge in [0.25, 0.3) is 0 Å². The Hall–Kier alpha value is 0.310. The second-order valence-corrected chi connectivity index (χ2v) is 3.88. The zero-order valence-corrected chi connectivity index (χ0v) is 6.91. The summed E-state index contributed by atoms with van der Waals surface area (Å²) in [5, 5.41) is 0. The van der Waals surface area contributed by atoms with Gasteiger partial charge in [0.1, 0.15) is 0 Å². The lowest BCUT2D eigenvalue weighted by Gasteiger charge is -2.25. The van der Waals surface area contributed by atoms with Gasteiger partial charge in [0, 0.05) is 11.5 Å². The van der Waals surface area contributed by atoms with E-state index in [-0.39, 0.29) is 0 Å². The maximum atomic E-state index is 5.52. The molecule has 0 aromatic carbocycles. The molecule has 1 atom stereocenters. The van der Waals surface area contributed by atoms with Crippen LogP contribution in [0, 0.1) is 5.92 Å². The highest BCUT2D eigenvalue weighted by Crippen LogP contribution is 2.18. The summed E-state index contributed by atoms with van der Waals surface area (Å²) in [5.74, 6) is 3.07. The van der Waals surface area contributed by atoms with Gasteiger partial charge >= 0.3 is 0 Å². The Morgan fingerprint density at radius 2 is 2.33 bits per heavy atom. The minimum absolute atomic E-state index is 0.517. The summed E-state index contributed by atoms with van der Waals surface area (Å²) in [6, 6.07) is 0. The molecule has 0 amide bonds. The molecule has 1 heterocycles. The van der Waals surface area contributed by atoms with E-state index in [0.29, 0.717) is 12.0 Å². The van der Waals surface area contributed by atoms with Crippen molar-refractivity contribution >= 4 is 11.8 Å². The van der Waals surface area contributed by atoms with Gasteiger partial charge in [-0.3, -0.25) is 0 Å². The highest BCUT2D eigenvalue weighted by molar-refractivity contribution is 7.99. The Morgan fingerprint density at radius 1 is 1.56 bits per heavy atom. The lowest BCUT2D eigenvalue weighted by Crippen LogP contribution is -2.27. The largest absolute Gasteiger partial charge is 0.376 e. The molecular formula is C7H14OS. The van der Waals surface area contributed by atoms with Gasteiger partial charge < -0.3 is 4.74 Å². The Labute approximate surface area is 61.2 Å². The second kappa shape index (κ2) is 3.47. The van der Waals surface area contributed by atoms with Crippen molar-refractivity contribution in [2.24, 2.45) is 5.92 Å². The third-order valence-corrected chi connectivity index (χ3v) is 2.60. The van der Waals surface area contributed by atoms with Gasteiger partial charge in [0.15, 0.2) is 0 Å². The highest BCUT2D eigenvalue weighted by atomic mass is 32.2. The molecule has 1 aliphatic rings. The topological polar surface area (TPSA) is 9.23 Å². The average Bonchev–Trinajstić information content (AvgIpc) is 1.90. The fraction of sp³-hybridized carbons (Fsp3) is 1.00. The number of rotatable bonds is 1. The minimum atomic E-state index is 0.517. The molecule has 1 nitrogen and oxygen atoms in total. The molecule has 1 saturated heterocycles. The Kier molecular flexibility index (Phi) is 2.86. The van der Waals surface area contributed by atoms with Crippen molar-refractivity contribution in [3.8, 4) is 0 Å². The molecule has 1 aliphatic heterocycles. The number of hydrogen-bond acceptors (Lipinski definition) is 2. The lowest BCUT2D eigenvalue weighted by molar-refractivity contribution is 0.0439. The summed E-state index contributed by atoms with van der Waals surface area (Å²) < 4.78 is 5.52. The van der Waals surface area contributed by atoms with Crippen molar-refractivity contribution in [3.63, 3.8) is 0 Å². The van der Waals surface area contributed by atoms with Crippen molar-refractivity contribution in [1.82, 2.24) is 0 Å². The van der Waals surface area contributed by atoms with Gasteiger partial charge in [0.05, 0.1) is 12.7 Å². The first kappa shape index (κ1) is 7.42. The molecular weight excluding hydrogens is 132 g/mol. The van der Waals surface area contributed by atoms with E-state index in [2.05, 4.69) is 13.8 Å². The van der Waals surface area contributed by atoms with Crippen LogP contribution in [-0.4, -0.2) is 24.2 Å². The first-order chi connectivity index (χ1) is 4.30. The molecule has 0 N–H and O–H groups in total. The fourth-order valence-electron chi connectivity index (χ4n) is 0.891. The van der Waals surface area contributed by atoms with E-state index >= 15 is 0 Å². The molecule has 0 aromatic rings. The summed E-state index contributed by atoms with van der Waals surface area (Å²) in [6.45, 7) is 5.39. The normalized spacial score (nSPS) is 29.0. The smallest absolute Gasteiger partial charge is 0.0688 e. The molecule has 0 radical (unpaired) electrons. The predicted octanol–water partition coefficient (Wildman–Crippen LogP) is 1.77. The number of ether oxygens (including phenoxy) is 1. The van der Waals surface area contributed by atoms with Crippen LogP contribution in [-0.2, 0) is 4.74 Å². The Balaban J connectivity index is 2.23. The number of hydrogen-bond donors (Lipinski definition) is 0. The van der Waals surface area contributed by atoms with E-state index in [1.165, 1.54) is 11.5 Å². The second-order valence-electron chi connectivity index (χ2n) is 2.73. The monoisotopic (exact) mass is 146 g/mol. The molecule has 0 saturated carbocycles. The molecule has 54 valence electrons. The summed E-state index contributed by atoms with van der Waals surface area (Å²) in [6.07, 6.45) is 0.517. The summed E-state index contributed by atoms with van der Waals surface area (Å²) >= 11 is 2.01. The molecule has 0 spiro atoms. The van der Waals surface area contributed by atoms with Gasteiger partial charge in [0.2, 0.25) is 0 Å². The third-order valence-electron chi connectivity index (χ3n) is 1.59. The zero-order chi connectivity index (χ0) is 6.69. The molecule has 1 unspecified atom stereocenters. The first-order valence-corrected chi connectivity index (χ1v) is 4.65. The van der Waals surface area contributed by atoms with Crippen molar-refractivity contribution in [2.45, 2.75) is 20.0 Å². The van der Waals surface area contributed by atoms with Crippen LogP contribution in [0.5, 0.6) is 0 Å². The van der Waals surface area contributed by atoms with Crippen LogP contribution >= 0.6 is 11.8 Å². The van der Waals surface area contributed by atoms with Crippen LogP contribution in [0.25, 0.3) is 0 Å². The summed E-state index contributed by atoms with van der Waals surface area (Å²) in [7, 11) is 0. The van der Waals surface area contributed by atoms with Crippen molar-refractivity contribution in [3.05, 3.63) is 0 Å². The summed E-state index contributed by atoms with van der Waals surface area (Å²) in [4.78, 5) is 0. The van der Waals surface area contributed by atoms with E-state index in [0.717, 1.165) is 6.61 Å². The van der Waals surface area contributed by atoms with Crippen LogP contribution in [0.1, 0.15) is 13.8 Å². The summed E-state index contributed by atoms with van der Waals surface area (Å²) in [5.41, 5.74) is 0. The third kappa shape index (κ3) is 2.18. The van der Waals surface area contributed by atoms with Crippen molar-refractivity contribution in [1.29, 1.82) is 0 Å².